The van der Waals surface area contributed by atoms with Gasteiger partial charge in [0.1, 0.15) is 5.60 Å². The molecule has 0 bridgehead atoms. The molecule has 0 aliphatic rings. The zero-order valence-corrected chi connectivity index (χ0v) is 10.6. The average molecular weight is 278 g/mol. The molecule has 0 aliphatic carbocycles. The van der Waals surface area contributed by atoms with Crippen LogP contribution in [0.25, 0.3) is 0 Å². The van der Waals surface area contributed by atoms with E-state index in [1.54, 1.807) is 20.8 Å². The average Bonchev–Trinajstić information content (AvgIpc) is 2.11. The normalized spacial score (nSPS) is 12.2. The van der Waals surface area contributed by atoms with Gasteiger partial charge in [-0.2, -0.15) is 0 Å². The van der Waals surface area contributed by atoms with Gasteiger partial charge in [0.25, 0.3) is 0 Å². The summed E-state index contributed by atoms with van der Waals surface area (Å²) in [5.41, 5.74) is -2.18. The number of carbonyl (C=O) groups is 1. The van der Waals surface area contributed by atoms with Crippen LogP contribution in [0, 0.1) is 5.82 Å². The number of hydrogen-bond acceptors (Lipinski definition) is 2. The molecule has 0 aromatic heterocycles. The van der Waals surface area contributed by atoms with Crippen molar-refractivity contribution in [3.63, 3.8) is 0 Å². The van der Waals surface area contributed by atoms with Gasteiger partial charge in [-0.25, -0.2) is 9.18 Å². The van der Waals surface area contributed by atoms with E-state index in [0.717, 1.165) is 6.07 Å². The molecule has 1 N–H and O–H groups in total. The fourth-order valence-corrected chi connectivity index (χ4v) is 1.29. The highest BCUT2D eigenvalue weighted by molar-refractivity contribution is 6.73. The molecule has 0 radical (unpaired) electrons. The maximum Gasteiger partial charge on any atom is 0.512 e. The lowest BCUT2D eigenvalue weighted by Crippen LogP contribution is -2.36. The second kappa shape index (κ2) is 5.10. The minimum Gasteiger partial charge on any atom is -0.445 e. The van der Waals surface area contributed by atoms with Crippen molar-refractivity contribution in [3.8, 4) is 0 Å². The Morgan fingerprint density at radius 1 is 1.26 bits per heavy atom. The Kier molecular flexibility index (Phi) is 4.12. The van der Waals surface area contributed by atoms with Crippen LogP contribution in [-0.4, -0.2) is 18.7 Å². The summed E-state index contributed by atoms with van der Waals surface area (Å²) in [5, 5.41) is 2.16. The molecule has 1 amide bonds. The summed E-state index contributed by atoms with van der Waals surface area (Å²) in [6, 6.07) is 2.16. The van der Waals surface area contributed by atoms with Gasteiger partial charge in [-0.3, -0.25) is 5.32 Å². The molecule has 0 spiro atoms. The van der Waals surface area contributed by atoms with Gasteiger partial charge in [0.2, 0.25) is 0 Å². The van der Waals surface area contributed by atoms with Gasteiger partial charge in [-0.05, 0) is 32.9 Å². The Morgan fingerprint density at radius 3 is 2.26 bits per heavy atom. The highest BCUT2D eigenvalue weighted by Gasteiger charge is 2.29. The summed E-state index contributed by atoms with van der Waals surface area (Å²) in [7, 11) is 0. The lowest BCUT2D eigenvalue weighted by atomic mass is 9.79. The zero-order valence-electron chi connectivity index (χ0n) is 10.6. The number of halogens is 4. The van der Waals surface area contributed by atoms with E-state index >= 15 is 0 Å². The number of carbonyl (C=O) groups excluding carboxylic acids is 1. The van der Waals surface area contributed by atoms with Gasteiger partial charge < -0.3 is 17.7 Å². The molecular formula is C11H13BF4NO2-. The van der Waals surface area contributed by atoms with E-state index in [-0.39, 0.29) is 5.69 Å². The quantitative estimate of drug-likeness (QED) is 0.666. The van der Waals surface area contributed by atoms with Crippen LogP contribution in [0.15, 0.2) is 18.2 Å². The first kappa shape index (κ1) is 15.3. The van der Waals surface area contributed by atoms with E-state index in [0.29, 0.717) is 12.1 Å². The van der Waals surface area contributed by atoms with Crippen molar-refractivity contribution in [1.82, 2.24) is 0 Å². The van der Waals surface area contributed by atoms with Crippen molar-refractivity contribution in [2.45, 2.75) is 26.4 Å². The zero-order chi connectivity index (χ0) is 14.8. The molecule has 8 heteroatoms. The Bertz CT molecular complexity index is 483. The molecule has 1 aromatic rings. The van der Waals surface area contributed by atoms with Crippen LogP contribution in [0.2, 0.25) is 0 Å². The number of nitrogens with one attached hydrogen (secondary N) is 1. The van der Waals surface area contributed by atoms with E-state index < -0.39 is 30.0 Å². The lowest BCUT2D eigenvalue weighted by Gasteiger charge is -2.20. The number of rotatable bonds is 2. The number of benzene rings is 1. The maximum absolute atomic E-state index is 13.2. The molecule has 0 atom stereocenters. The van der Waals surface area contributed by atoms with Crippen LogP contribution in [0.1, 0.15) is 20.8 Å². The Labute approximate surface area is 108 Å². The number of anilines is 1. The van der Waals surface area contributed by atoms with Gasteiger partial charge >= 0.3 is 13.1 Å². The fraction of sp³-hybridized carbons (Fsp3) is 0.364. The maximum atomic E-state index is 13.2. The summed E-state index contributed by atoms with van der Waals surface area (Å²) in [6.45, 7) is -0.530. The second-order valence-corrected chi connectivity index (χ2v) is 4.94. The van der Waals surface area contributed by atoms with Gasteiger partial charge in [0, 0.05) is 5.69 Å². The highest BCUT2D eigenvalue weighted by Crippen LogP contribution is 2.16. The molecule has 19 heavy (non-hydrogen) atoms. The standard InChI is InChI=1S/C11H13BF4NO2/c1-11(2,3)19-10(18)17-7-4-5-8(9(13)6-7)12(14,15)16/h4-6H,1-3H3,(H,17,18)/q-1. The monoisotopic (exact) mass is 278 g/mol. The van der Waals surface area contributed by atoms with Crippen LogP contribution in [0.3, 0.4) is 0 Å². The van der Waals surface area contributed by atoms with E-state index in [2.05, 4.69) is 5.32 Å². The van der Waals surface area contributed by atoms with Crippen LogP contribution < -0.4 is 10.8 Å². The SMILES string of the molecule is CC(C)(C)OC(=O)Nc1ccc([B-](F)(F)F)c(F)c1. The Morgan fingerprint density at radius 2 is 1.84 bits per heavy atom. The number of hydrogen-bond donors (Lipinski definition) is 1. The molecule has 3 nitrogen and oxygen atoms in total. The van der Waals surface area contributed by atoms with Gasteiger partial charge in [0.15, 0.2) is 0 Å². The summed E-state index contributed by atoms with van der Waals surface area (Å²) >= 11 is 0. The van der Waals surface area contributed by atoms with Crippen molar-refractivity contribution in [2.75, 3.05) is 5.32 Å². The number of amides is 1. The summed E-state index contributed by atoms with van der Waals surface area (Å²) < 4.78 is 55.3. The Balaban J connectivity index is 2.83. The summed E-state index contributed by atoms with van der Waals surface area (Å²) in [4.78, 5) is 11.3. The highest BCUT2D eigenvalue weighted by atomic mass is 19.4. The van der Waals surface area contributed by atoms with Crippen LogP contribution in [0.4, 0.5) is 27.8 Å². The summed E-state index contributed by atoms with van der Waals surface area (Å²) in [5.74, 6) is -1.43. The van der Waals surface area contributed by atoms with E-state index in [4.69, 9.17) is 4.74 Å². The molecule has 106 valence electrons. The number of ether oxygens (including phenoxy) is 1. The third kappa shape index (κ3) is 4.80. The smallest absolute Gasteiger partial charge is 0.445 e. The van der Waals surface area contributed by atoms with Crippen molar-refractivity contribution in [2.24, 2.45) is 0 Å². The second-order valence-electron chi connectivity index (χ2n) is 4.94. The molecule has 0 saturated carbocycles. The first-order chi connectivity index (χ1) is 8.49. The first-order valence-corrected chi connectivity index (χ1v) is 5.48. The third-order valence-corrected chi connectivity index (χ3v) is 2.00. The predicted octanol–water partition coefficient (Wildman–Crippen LogP) is 3.23. The molecule has 0 heterocycles. The molecule has 0 unspecified atom stereocenters. The first-order valence-electron chi connectivity index (χ1n) is 5.48. The summed E-state index contributed by atoms with van der Waals surface area (Å²) in [6.07, 6.45) is -0.864. The van der Waals surface area contributed by atoms with Crippen molar-refractivity contribution in [3.05, 3.63) is 24.0 Å². The molecule has 1 aromatic carbocycles. The molecule has 0 aliphatic heterocycles. The van der Waals surface area contributed by atoms with Crippen LogP contribution >= 0.6 is 0 Å². The van der Waals surface area contributed by atoms with Crippen molar-refractivity contribution < 1.29 is 26.9 Å². The predicted molar refractivity (Wildman–Crippen MR) is 65.0 cm³/mol. The van der Waals surface area contributed by atoms with Crippen molar-refractivity contribution >= 4 is 24.2 Å². The minimum atomic E-state index is -5.41. The lowest BCUT2D eigenvalue weighted by molar-refractivity contribution is 0.0636. The molecular weight excluding hydrogens is 265 g/mol. The van der Waals surface area contributed by atoms with E-state index in [1.807, 2.05) is 0 Å². The topological polar surface area (TPSA) is 38.3 Å². The third-order valence-electron chi connectivity index (χ3n) is 2.00. The van der Waals surface area contributed by atoms with Gasteiger partial charge in [0.05, 0.1) is 5.82 Å². The minimum absolute atomic E-state index is 0.101. The van der Waals surface area contributed by atoms with Gasteiger partial charge in [-0.1, -0.05) is 11.5 Å². The molecule has 1 rings (SSSR count). The fourth-order valence-electron chi connectivity index (χ4n) is 1.29. The van der Waals surface area contributed by atoms with E-state index in [1.165, 1.54) is 0 Å². The Hall–Kier alpha value is -1.73. The van der Waals surface area contributed by atoms with Gasteiger partial charge in [-0.15, -0.1) is 0 Å². The largest absolute Gasteiger partial charge is 0.512 e. The molecule has 0 saturated heterocycles. The van der Waals surface area contributed by atoms with E-state index in [9.17, 15) is 22.1 Å². The molecule has 0 fully saturated rings. The van der Waals surface area contributed by atoms with Crippen LogP contribution in [0.5, 0.6) is 0 Å². The van der Waals surface area contributed by atoms with Crippen LogP contribution in [-0.2, 0) is 4.74 Å². The van der Waals surface area contributed by atoms with Crippen molar-refractivity contribution in [1.29, 1.82) is 0 Å².